The molecule has 0 N–H and O–H groups in total. The van der Waals surface area contributed by atoms with Crippen molar-refractivity contribution in [1.82, 2.24) is 19.5 Å². The smallest absolute Gasteiger partial charge is 0.270 e. The van der Waals surface area contributed by atoms with Gasteiger partial charge in [0.2, 0.25) is 5.82 Å². The van der Waals surface area contributed by atoms with Crippen molar-refractivity contribution in [1.29, 1.82) is 0 Å². The van der Waals surface area contributed by atoms with E-state index in [0.717, 1.165) is 24.4 Å². The van der Waals surface area contributed by atoms with Gasteiger partial charge in [0.15, 0.2) is 0 Å². The lowest BCUT2D eigenvalue weighted by atomic mass is 10.1. The molecule has 0 amide bonds. The van der Waals surface area contributed by atoms with Crippen LogP contribution in [0.3, 0.4) is 0 Å². The summed E-state index contributed by atoms with van der Waals surface area (Å²) in [5, 5.41) is 0. The number of alkyl halides is 2. The molecule has 0 aliphatic heterocycles. The maximum atomic E-state index is 14.7. The van der Waals surface area contributed by atoms with Crippen molar-refractivity contribution in [3.05, 3.63) is 102 Å². The molecule has 170 valence electrons. The zero-order valence-corrected chi connectivity index (χ0v) is 17.8. The minimum Gasteiger partial charge on any atom is -0.471 e. The number of hydrogen-bond donors (Lipinski definition) is 0. The van der Waals surface area contributed by atoms with Gasteiger partial charge in [0.1, 0.15) is 19.5 Å². The SMILES string of the molecule is CC(F)(F)c1ccc(COc2ncnc(OCc3ccc(Cn4ccnc4)cc3)c2F)cc1. The van der Waals surface area contributed by atoms with E-state index >= 15 is 0 Å². The second kappa shape index (κ2) is 9.72. The van der Waals surface area contributed by atoms with Gasteiger partial charge >= 0.3 is 0 Å². The van der Waals surface area contributed by atoms with Crippen molar-refractivity contribution in [3.8, 4) is 11.8 Å². The van der Waals surface area contributed by atoms with Crippen LogP contribution in [-0.2, 0) is 25.7 Å². The lowest BCUT2D eigenvalue weighted by Crippen LogP contribution is -2.07. The van der Waals surface area contributed by atoms with Crippen LogP contribution in [0.4, 0.5) is 13.2 Å². The first-order valence-corrected chi connectivity index (χ1v) is 10.2. The monoisotopic (exact) mass is 454 g/mol. The number of halogens is 3. The molecule has 0 unspecified atom stereocenters. The van der Waals surface area contributed by atoms with E-state index in [-0.39, 0.29) is 30.5 Å². The normalized spacial score (nSPS) is 11.4. The number of rotatable bonds is 9. The van der Waals surface area contributed by atoms with Crippen LogP contribution in [0.2, 0.25) is 0 Å². The van der Waals surface area contributed by atoms with Crippen molar-refractivity contribution in [2.24, 2.45) is 0 Å². The highest BCUT2D eigenvalue weighted by Gasteiger charge is 2.23. The van der Waals surface area contributed by atoms with Crippen molar-refractivity contribution in [2.45, 2.75) is 32.6 Å². The molecule has 2 aromatic carbocycles. The van der Waals surface area contributed by atoms with Crippen molar-refractivity contribution < 1.29 is 22.6 Å². The van der Waals surface area contributed by atoms with Gasteiger partial charge in [0.25, 0.3) is 17.7 Å². The minimum absolute atomic E-state index is 0.0404. The molecule has 4 rings (SSSR count). The number of benzene rings is 2. The molecule has 0 saturated carbocycles. The number of hydrogen-bond acceptors (Lipinski definition) is 5. The second-order valence-corrected chi connectivity index (χ2v) is 7.51. The van der Waals surface area contributed by atoms with Crippen LogP contribution in [-0.4, -0.2) is 19.5 Å². The van der Waals surface area contributed by atoms with Gasteiger partial charge in [-0.15, -0.1) is 0 Å². The van der Waals surface area contributed by atoms with E-state index < -0.39 is 11.7 Å². The quantitative estimate of drug-likeness (QED) is 0.351. The van der Waals surface area contributed by atoms with Crippen molar-refractivity contribution in [3.63, 3.8) is 0 Å². The zero-order chi connectivity index (χ0) is 23.3. The first-order chi connectivity index (χ1) is 15.9. The first kappa shape index (κ1) is 22.3. The average Bonchev–Trinajstić information content (AvgIpc) is 3.31. The maximum absolute atomic E-state index is 14.7. The molecule has 2 aromatic heterocycles. The third kappa shape index (κ3) is 5.88. The summed E-state index contributed by atoms with van der Waals surface area (Å²) in [7, 11) is 0. The van der Waals surface area contributed by atoms with Gasteiger partial charge in [-0.05, 0) is 16.7 Å². The molecule has 0 fully saturated rings. The van der Waals surface area contributed by atoms with Gasteiger partial charge in [0, 0.05) is 31.4 Å². The zero-order valence-electron chi connectivity index (χ0n) is 17.8. The summed E-state index contributed by atoms with van der Waals surface area (Å²) in [5.74, 6) is -4.26. The molecule has 0 atom stereocenters. The molecule has 0 spiro atoms. The molecule has 4 aromatic rings. The van der Waals surface area contributed by atoms with Gasteiger partial charge in [-0.2, -0.15) is 14.4 Å². The maximum Gasteiger partial charge on any atom is 0.270 e. The van der Waals surface area contributed by atoms with Crippen LogP contribution in [0, 0.1) is 5.82 Å². The number of imidazole rings is 1. The summed E-state index contributed by atoms with van der Waals surface area (Å²) in [5.41, 5.74) is 2.43. The lowest BCUT2D eigenvalue weighted by Gasteiger charge is -2.12. The summed E-state index contributed by atoms with van der Waals surface area (Å²) in [4.78, 5) is 11.6. The Hall–Kier alpha value is -3.88. The Morgan fingerprint density at radius 3 is 1.91 bits per heavy atom. The predicted molar refractivity (Wildman–Crippen MR) is 114 cm³/mol. The second-order valence-electron chi connectivity index (χ2n) is 7.51. The van der Waals surface area contributed by atoms with Crippen LogP contribution >= 0.6 is 0 Å². The predicted octanol–water partition coefficient (Wildman–Crippen LogP) is 5.13. The van der Waals surface area contributed by atoms with Gasteiger partial charge in [-0.25, -0.2) is 13.8 Å². The van der Waals surface area contributed by atoms with E-state index in [4.69, 9.17) is 9.47 Å². The summed E-state index contributed by atoms with van der Waals surface area (Å²) >= 11 is 0. The molecule has 33 heavy (non-hydrogen) atoms. The first-order valence-electron chi connectivity index (χ1n) is 10.2. The van der Waals surface area contributed by atoms with Crippen LogP contribution in [0.15, 0.2) is 73.6 Å². The van der Waals surface area contributed by atoms with E-state index in [9.17, 15) is 13.2 Å². The fourth-order valence-corrected chi connectivity index (χ4v) is 3.07. The Morgan fingerprint density at radius 1 is 0.848 bits per heavy atom. The molecule has 6 nitrogen and oxygen atoms in total. The summed E-state index contributed by atoms with van der Waals surface area (Å²) < 4.78 is 54.2. The summed E-state index contributed by atoms with van der Waals surface area (Å²) in [6.45, 7) is 1.60. The Kier molecular flexibility index (Phi) is 6.58. The van der Waals surface area contributed by atoms with E-state index in [0.29, 0.717) is 12.1 Å². The van der Waals surface area contributed by atoms with Crippen LogP contribution in [0.1, 0.15) is 29.2 Å². The molecule has 2 heterocycles. The van der Waals surface area contributed by atoms with Gasteiger partial charge < -0.3 is 14.0 Å². The third-order valence-electron chi connectivity index (χ3n) is 4.88. The number of aromatic nitrogens is 4. The molecular weight excluding hydrogens is 433 g/mol. The van der Waals surface area contributed by atoms with Crippen molar-refractivity contribution in [2.75, 3.05) is 0 Å². The topological polar surface area (TPSA) is 62.1 Å². The number of ether oxygens (including phenoxy) is 2. The van der Waals surface area contributed by atoms with Crippen LogP contribution in [0.25, 0.3) is 0 Å². The largest absolute Gasteiger partial charge is 0.471 e. The molecule has 0 aliphatic carbocycles. The van der Waals surface area contributed by atoms with E-state index in [1.807, 2.05) is 35.0 Å². The Bertz CT molecular complexity index is 1180. The Labute approximate surface area is 188 Å². The Balaban J connectivity index is 1.34. The van der Waals surface area contributed by atoms with Gasteiger partial charge in [-0.3, -0.25) is 0 Å². The highest BCUT2D eigenvalue weighted by molar-refractivity contribution is 5.27. The molecule has 9 heteroatoms. The molecule has 0 aliphatic rings. The van der Waals surface area contributed by atoms with E-state index in [1.54, 1.807) is 12.5 Å². The highest BCUT2D eigenvalue weighted by atomic mass is 19.3. The van der Waals surface area contributed by atoms with E-state index in [1.165, 1.54) is 24.3 Å². The number of nitrogens with zero attached hydrogens (tertiary/aromatic N) is 4. The summed E-state index contributed by atoms with van der Waals surface area (Å²) in [6.07, 6.45) is 6.49. The van der Waals surface area contributed by atoms with Gasteiger partial charge in [-0.1, -0.05) is 48.5 Å². The fraction of sp³-hybridized carbons (Fsp3) is 0.208. The van der Waals surface area contributed by atoms with Crippen LogP contribution in [0.5, 0.6) is 11.8 Å². The average molecular weight is 454 g/mol. The van der Waals surface area contributed by atoms with Crippen molar-refractivity contribution >= 4 is 0 Å². The molecule has 0 bridgehead atoms. The standard InChI is InChI=1S/C24H21F3N4O2/c1-24(26,27)20-8-6-19(7-9-20)14-33-23-21(25)22(29-15-30-23)32-13-18-4-2-17(3-5-18)12-31-11-10-28-16-31/h2-11,15-16H,12-14H2,1H3. The highest BCUT2D eigenvalue weighted by Crippen LogP contribution is 2.27. The van der Waals surface area contributed by atoms with E-state index in [2.05, 4.69) is 15.0 Å². The lowest BCUT2D eigenvalue weighted by molar-refractivity contribution is 0.0174. The Morgan fingerprint density at radius 2 is 1.39 bits per heavy atom. The minimum atomic E-state index is -2.93. The third-order valence-corrected chi connectivity index (χ3v) is 4.88. The molecule has 0 saturated heterocycles. The van der Waals surface area contributed by atoms with Crippen LogP contribution < -0.4 is 9.47 Å². The van der Waals surface area contributed by atoms with Gasteiger partial charge in [0.05, 0.1) is 6.33 Å². The molecular formula is C24H21F3N4O2. The fourth-order valence-electron chi connectivity index (χ4n) is 3.07. The summed E-state index contributed by atoms with van der Waals surface area (Å²) in [6, 6.07) is 13.3. The molecule has 0 radical (unpaired) electrons.